The van der Waals surface area contributed by atoms with E-state index in [1.165, 1.54) is 25.0 Å². The van der Waals surface area contributed by atoms with Gasteiger partial charge in [-0.3, -0.25) is 9.79 Å². The maximum atomic E-state index is 13.3. The normalized spacial score (nSPS) is 20.6. The molecule has 0 radical (unpaired) electrons. The molecule has 1 saturated carbocycles. The predicted molar refractivity (Wildman–Crippen MR) is 134 cm³/mol. The van der Waals surface area contributed by atoms with Crippen molar-refractivity contribution in [3.8, 4) is 0 Å². The van der Waals surface area contributed by atoms with Gasteiger partial charge in [-0.15, -0.1) is 24.0 Å². The fourth-order valence-electron chi connectivity index (χ4n) is 4.45. The van der Waals surface area contributed by atoms with Crippen LogP contribution in [-0.2, 0) is 4.79 Å². The lowest BCUT2D eigenvalue weighted by Crippen LogP contribution is -2.45. The second-order valence-electron chi connectivity index (χ2n) is 8.65. The van der Waals surface area contributed by atoms with E-state index in [1.807, 2.05) is 38.1 Å². The summed E-state index contributed by atoms with van der Waals surface area (Å²) in [4.78, 5) is 21.6. The Labute approximate surface area is 203 Å². The van der Waals surface area contributed by atoms with E-state index < -0.39 is 0 Å². The monoisotopic (exact) mass is 545 g/mol. The van der Waals surface area contributed by atoms with Crippen LogP contribution in [0.15, 0.2) is 29.3 Å². The number of carbonyl (C=O) groups is 1. The Bertz CT molecular complexity index is 721. The van der Waals surface area contributed by atoms with Crippen molar-refractivity contribution in [1.29, 1.82) is 0 Å². The zero-order valence-electron chi connectivity index (χ0n) is 18.9. The second-order valence-corrected chi connectivity index (χ2v) is 8.65. The molecule has 1 aromatic rings. The lowest BCUT2D eigenvalue weighted by Gasteiger charge is -2.24. The van der Waals surface area contributed by atoms with Gasteiger partial charge in [0, 0.05) is 31.6 Å². The van der Waals surface area contributed by atoms with E-state index in [0.29, 0.717) is 12.5 Å². The Morgan fingerprint density at radius 1 is 1.23 bits per heavy atom. The average molecular weight is 545 g/mol. The van der Waals surface area contributed by atoms with Gasteiger partial charge in [0.15, 0.2) is 5.96 Å². The van der Waals surface area contributed by atoms with E-state index in [0.717, 1.165) is 50.4 Å². The van der Waals surface area contributed by atoms with Crippen molar-refractivity contribution in [2.75, 3.05) is 40.3 Å². The molecule has 2 N–H and O–H groups in total. The van der Waals surface area contributed by atoms with E-state index in [9.17, 15) is 9.18 Å². The molecular weight excluding hydrogens is 508 g/mol. The van der Waals surface area contributed by atoms with Gasteiger partial charge in [0.1, 0.15) is 5.82 Å². The van der Waals surface area contributed by atoms with Gasteiger partial charge < -0.3 is 20.4 Å². The van der Waals surface area contributed by atoms with E-state index in [1.54, 1.807) is 0 Å². The SMILES string of the molecule is CCNC(=NCC(c1ccc(F)cc1)N(C)C)NC1CCN(C(=O)C2CCCC2)C1.I. The molecule has 1 saturated heterocycles. The van der Waals surface area contributed by atoms with Gasteiger partial charge >= 0.3 is 0 Å². The average Bonchev–Trinajstić information content (AvgIpc) is 3.41. The molecule has 2 aliphatic rings. The fourth-order valence-corrected chi connectivity index (χ4v) is 4.45. The number of halogens is 2. The number of hydrogen-bond donors (Lipinski definition) is 2. The number of nitrogens with zero attached hydrogens (tertiary/aromatic N) is 3. The molecule has 174 valence electrons. The molecule has 0 bridgehead atoms. The molecule has 1 heterocycles. The number of hydrogen-bond acceptors (Lipinski definition) is 3. The maximum Gasteiger partial charge on any atom is 0.225 e. The third kappa shape index (κ3) is 7.30. The number of nitrogens with one attached hydrogen (secondary N) is 2. The van der Waals surface area contributed by atoms with Crippen molar-refractivity contribution in [3.05, 3.63) is 35.6 Å². The lowest BCUT2D eigenvalue weighted by molar-refractivity contribution is -0.134. The maximum absolute atomic E-state index is 13.3. The van der Waals surface area contributed by atoms with Gasteiger partial charge in [-0.2, -0.15) is 0 Å². The van der Waals surface area contributed by atoms with Crippen molar-refractivity contribution < 1.29 is 9.18 Å². The molecule has 0 aromatic heterocycles. The van der Waals surface area contributed by atoms with E-state index >= 15 is 0 Å². The van der Waals surface area contributed by atoms with Crippen LogP contribution in [0.3, 0.4) is 0 Å². The molecular formula is C23H37FIN5O. The summed E-state index contributed by atoms with van der Waals surface area (Å²) in [5, 5.41) is 6.83. The Balaban J connectivity index is 0.00000341. The molecule has 2 fully saturated rings. The molecule has 2 unspecified atom stereocenters. The van der Waals surface area contributed by atoms with Gasteiger partial charge in [0.25, 0.3) is 0 Å². The van der Waals surface area contributed by atoms with Crippen LogP contribution in [0.4, 0.5) is 4.39 Å². The van der Waals surface area contributed by atoms with Crippen molar-refractivity contribution in [2.24, 2.45) is 10.9 Å². The highest BCUT2D eigenvalue weighted by Gasteiger charge is 2.32. The molecule has 1 aliphatic heterocycles. The van der Waals surface area contributed by atoms with Gasteiger partial charge in [-0.05, 0) is 58.0 Å². The summed E-state index contributed by atoms with van der Waals surface area (Å²) in [6.45, 7) is 4.94. The van der Waals surface area contributed by atoms with Crippen molar-refractivity contribution >= 4 is 35.8 Å². The quantitative estimate of drug-likeness (QED) is 0.314. The van der Waals surface area contributed by atoms with Gasteiger partial charge in [-0.25, -0.2) is 4.39 Å². The number of likely N-dealkylation sites (tertiary alicyclic amines) is 1. The molecule has 0 spiro atoms. The van der Waals surface area contributed by atoms with Crippen LogP contribution in [0.2, 0.25) is 0 Å². The first-order valence-electron chi connectivity index (χ1n) is 11.2. The summed E-state index contributed by atoms with van der Waals surface area (Å²) in [5.74, 6) is 1.12. The minimum absolute atomic E-state index is 0. The van der Waals surface area contributed by atoms with Gasteiger partial charge in [0.05, 0.1) is 12.6 Å². The Morgan fingerprint density at radius 2 is 1.90 bits per heavy atom. The number of rotatable bonds is 7. The Morgan fingerprint density at radius 3 is 2.52 bits per heavy atom. The fraction of sp³-hybridized carbons (Fsp3) is 0.652. The largest absolute Gasteiger partial charge is 0.357 e. The summed E-state index contributed by atoms with van der Waals surface area (Å²) < 4.78 is 13.3. The zero-order valence-corrected chi connectivity index (χ0v) is 21.3. The molecule has 2 atom stereocenters. The van der Waals surface area contributed by atoms with Crippen LogP contribution >= 0.6 is 24.0 Å². The second kappa shape index (κ2) is 12.6. The summed E-state index contributed by atoms with van der Waals surface area (Å²) >= 11 is 0. The minimum Gasteiger partial charge on any atom is -0.357 e. The van der Waals surface area contributed by atoms with Gasteiger partial charge in [0.2, 0.25) is 5.91 Å². The highest BCUT2D eigenvalue weighted by Crippen LogP contribution is 2.28. The molecule has 31 heavy (non-hydrogen) atoms. The summed E-state index contributed by atoms with van der Waals surface area (Å²) in [6, 6.07) is 6.90. The summed E-state index contributed by atoms with van der Waals surface area (Å²) in [7, 11) is 4.01. The van der Waals surface area contributed by atoms with Gasteiger partial charge in [-0.1, -0.05) is 25.0 Å². The third-order valence-electron chi connectivity index (χ3n) is 6.19. The number of aliphatic imine (C=N–C) groups is 1. The molecule has 3 rings (SSSR count). The van der Waals surface area contributed by atoms with Crippen molar-refractivity contribution in [3.63, 3.8) is 0 Å². The first kappa shape index (κ1) is 25.8. The first-order valence-corrected chi connectivity index (χ1v) is 11.2. The lowest BCUT2D eigenvalue weighted by atomic mass is 10.1. The first-order chi connectivity index (χ1) is 14.5. The number of carbonyl (C=O) groups excluding carboxylic acids is 1. The van der Waals surface area contributed by atoms with Crippen LogP contribution in [0, 0.1) is 11.7 Å². The molecule has 6 nitrogen and oxygen atoms in total. The van der Waals surface area contributed by atoms with Crippen LogP contribution in [-0.4, -0.2) is 68.0 Å². The highest BCUT2D eigenvalue weighted by molar-refractivity contribution is 14.0. The van der Waals surface area contributed by atoms with Crippen LogP contribution in [0.25, 0.3) is 0 Å². The highest BCUT2D eigenvalue weighted by atomic mass is 127. The molecule has 8 heteroatoms. The number of benzene rings is 1. The summed E-state index contributed by atoms with van der Waals surface area (Å²) in [5.41, 5.74) is 1.04. The number of amides is 1. The molecule has 1 aliphatic carbocycles. The minimum atomic E-state index is -0.229. The molecule has 1 amide bonds. The van der Waals surface area contributed by atoms with Crippen LogP contribution < -0.4 is 10.6 Å². The van der Waals surface area contributed by atoms with Crippen LogP contribution in [0.1, 0.15) is 50.6 Å². The zero-order chi connectivity index (χ0) is 21.5. The number of guanidine groups is 1. The Kier molecular flexibility index (Phi) is 10.5. The van der Waals surface area contributed by atoms with Crippen molar-refractivity contribution in [1.82, 2.24) is 20.4 Å². The van der Waals surface area contributed by atoms with Crippen molar-refractivity contribution in [2.45, 2.75) is 51.1 Å². The third-order valence-corrected chi connectivity index (χ3v) is 6.19. The van der Waals surface area contributed by atoms with E-state index in [-0.39, 0.29) is 47.8 Å². The predicted octanol–water partition coefficient (Wildman–Crippen LogP) is 3.39. The van der Waals surface area contributed by atoms with Crippen LogP contribution in [0.5, 0.6) is 0 Å². The van der Waals surface area contributed by atoms with E-state index in [2.05, 4.69) is 15.5 Å². The molecule has 1 aromatic carbocycles. The number of likely N-dealkylation sites (N-methyl/N-ethyl adjacent to an activating group) is 1. The smallest absolute Gasteiger partial charge is 0.225 e. The topological polar surface area (TPSA) is 60.0 Å². The van der Waals surface area contributed by atoms with E-state index in [4.69, 9.17) is 4.99 Å². The summed E-state index contributed by atoms with van der Waals surface area (Å²) in [6.07, 6.45) is 5.41. The Hall–Kier alpha value is -1.42. The standard InChI is InChI=1S/C23H36FN5O.HI/c1-4-25-23(26-15-21(28(2)3)17-9-11-19(24)12-10-17)27-20-13-14-29(16-20)22(30)18-7-5-6-8-18;/h9-12,18,20-21H,4-8,13-16H2,1-3H3,(H2,25,26,27);1H.